The molecule has 3 rings (SSSR count). The number of fused-ring (bicyclic) bond motifs is 1. The van der Waals surface area contributed by atoms with Gasteiger partial charge in [-0.1, -0.05) is 42.0 Å². The minimum atomic E-state index is -0.584. The van der Waals surface area contributed by atoms with E-state index in [1.165, 1.54) is 4.57 Å². The van der Waals surface area contributed by atoms with Crippen LogP contribution in [0, 0.1) is 6.92 Å². The lowest BCUT2D eigenvalue weighted by atomic mass is 10.1. The Balaban J connectivity index is 1.95. The molecule has 5 nitrogen and oxygen atoms in total. The molecule has 2 N–H and O–H groups in total. The molecule has 0 saturated heterocycles. The van der Waals surface area contributed by atoms with Crippen molar-refractivity contribution in [3.05, 3.63) is 75.6 Å². The molecule has 1 heterocycles. The number of para-hydroxylation sites is 1. The van der Waals surface area contributed by atoms with Crippen molar-refractivity contribution in [3.8, 4) is 5.75 Å². The van der Waals surface area contributed by atoms with Gasteiger partial charge in [0.1, 0.15) is 11.3 Å². The Bertz CT molecular complexity index is 972. The van der Waals surface area contributed by atoms with Crippen molar-refractivity contribution in [3.63, 3.8) is 0 Å². The molecule has 0 fully saturated rings. The van der Waals surface area contributed by atoms with Crippen molar-refractivity contribution in [1.82, 2.24) is 9.88 Å². The minimum absolute atomic E-state index is 0.233. The molecule has 5 heteroatoms. The lowest BCUT2D eigenvalue weighted by Gasteiger charge is -2.12. The van der Waals surface area contributed by atoms with E-state index < -0.39 is 11.5 Å². The van der Waals surface area contributed by atoms with Gasteiger partial charge in [0.15, 0.2) is 0 Å². The summed E-state index contributed by atoms with van der Waals surface area (Å²) >= 11 is 0. The summed E-state index contributed by atoms with van der Waals surface area (Å²) in [5.74, 6) is -0.866. The van der Waals surface area contributed by atoms with Crippen molar-refractivity contribution in [2.45, 2.75) is 13.5 Å². The number of carbonyl (C=O) groups excluding carboxylic acids is 1. The maximum atomic E-state index is 12.4. The van der Waals surface area contributed by atoms with Crippen molar-refractivity contribution in [1.29, 1.82) is 0 Å². The molecule has 1 aromatic heterocycles. The lowest BCUT2D eigenvalue weighted by Crippen LogP contribution is -2.32. The fourth-order valence-corrected chi connectivity index (χ4v) is 2.66. The van der Waals surface area contributed by atoms with Crippen molar-refractivity contribution in [2.75, 3.05) is 0 Å². The quantitative estimate of drug-likeness (QED) is 0.778. The maximum absolute atomic E-state index is 12.4. The first-order chi connectivity index (χ1) is 11.5. The first-order valence-electron chi connectivity index (χ1n) is 7.63. The van der Waals surface area contributed by atoms with Crippen molar-refractivity contribution in [2.24, 2.45) is 7.05 Å². The molecule has 2 aromatic carbocycles. The van der Waals surface area contributed by atoms with Crippen LogP contribution in [0.3, 0.4) is 0 Å². The molecule has 24 heavy (non-hydrogen) atoms. The normalized spacial score (nSPS) is 10.8. The van der Waals surface area contributed by atoms with E-state index in [2.05, 4.69) is 5.32 Å². The summed E-state index contributed by atoms with van der Waals surface area (Å²) in [6.07, 6.45) is 0. The number of aromatic nitrogens is 1. The van der Waals surface area contributed by atoms with Crippen LogP contribution in [0.15, 0.2) is 53.3 Å². The average molecular weight is 322 g/mol. The molecular formula is C19H18N2O3. The largest absolute Gasteiger partial charge is 0.506 e. The monoisotopic (exact) mass is 322 g/mol. The third-order valence-electron chi connectivity index (χ3n) is 4.08. The van der Waals surface area contributed by atoms with E-state index in [-0.39, 0.29) is 17.9 Å². The molecule has 0 atom stereocenters. The number of hydrogen-bond donors (Lipinski definition) is 2. The smallest absolute Gasteiger partial charge is 0.267 e. The van der Waals surface area contributed by atoms with Crippen LogP contribution in [-0.4, -0.2) is 15.6 Å². The summed E-state index contributed by atoms with van der Waals surface area (Å²) in [5, 5.41) is 13.6. The van der Waals surface area contributed by atoms with Crippen LogP contribution in [-0.2, 0) is 13.6 Å². The zero-order chi connectivity index (χ0) is 17.3. The topological polar surface area (TPSA) is 71.3 Å². The number of rotatable bonds is 3. The van der Waals surface area contributed by atoms with Crippen LogP contribution in [0.5, 0.6) is 5.75 Å². The van der Waals surface area contributed by atoms with Gasteiger partial charge in [0.2, 0.25) is 0 Å². The van der Waals surface area contributed by atoms with Crippen LogP contribution in [0.2, 0.25) is 0 Å². The predicted octanol–water partition coefficient (Wildman–Crippen LogP) is 2.48. The second-order valence-electron chi connectivity index (χ2n) is 5.77. The van der Waals surface area contributed by atoms with E-state index in [1.807, 2.05) is 31.2 Å². The number of aromatic hydroxyl groups is 1. The van der Waals surface area contributed by atoms with Crippen LogP contribution in [0.25, 0.3) is 10.9 Å². The standard InChI is InChI=1S/C19H18N2O3/c1-12-7-9-13(10-8-12)11-20-18(23)16-17(22)14-5-3-4-6-15(14)21(2)19(16)24/h3-10,22H,11H2,1-2H3,(H,20,23). The van der Waals surface area contributed by atoms with E-state index in [0.29, 0.717) is 10.9 Å². The fraction of sp³-hybridized carbons (Fsp3) is 0.158. The number of nitrogens with zero attached hydrogens (tertiary/aromatic N) is 1. The molecule has 0 aliphatic carbocycles. The van der Waals surface area contributed by atoms with Crippen LogP contribution in [0.4, 0.5) is 0 Å². The van der Waals surface area contributed by atoms with Gasteiger partial charge in [-0.3, -0.25) is 9.59 Å². The summed E-state index contributed by atoms with van der Waals surface area (Å²) in [5.41, 5.74) is 1.88. The first kappa shape index (κ1) is 15.8. The van der Waals surface area contributed by atoms with Crippen LogP contribution in [0.1, 0.15) is 21.5 Å². The van der Waals surface area contributed by atoms with Gasteiger partial charge in [-0.05, 0) is 24.6 Å². The predicted molar refractivity (Wildman–Crippen MR) is 93.2 cm³/mol. The third kappa shape index (κ3) is 2.76. The van der Waals surface area contributed by atoms with Crippen molar-refractivity contribution >= 4 is 16.8 Å². The number of hydrogen-bond acceptors (Lipinski definition) is 3. The lowest BCUT2D eigenvalue weighted by molar-refractivity contribution is 0.0946. The average Bonchev–Trinajstić information content (AvgIpc) is 2.59. The van der Waals surface area contributed by atoms with Crippen LogP contribution >= 0.6 is 0 Å². The molecule has 1 amide bonds. The Labute approximate surface area is 139 Å². The number of nitrogens with one attached hydrogen (secondary N) is 1. The van der Waals surface area contributed by atoms with Gasteiger partial charge in [0, 0.05) is 19.0 Å². The second kappa shape index (κ2) is 6.20. The van der Waals surface area contributed by atoms with E-state index in [0.717, 1.165) is 11.1 Å². The second-order valence-corrected chi connectivity index (χ2v) is 5.77. The Morgan fingerprint density at radius 2 is 1.79 bits per heavy atom. The highest BCUT2D eigenvalue weighted by atomic mass is 16.3. The number of aryl methyl sites for hydroxylation is 2. The van der Waals surface area contributed by atoms with Gasteiger partial charge in [-0.25, -0.2) is 0 Å². The van der Waals surface area contributed by atoms with Gasteiger partial charge < -0.3 is 15.0 Å². The number of benzene rings is 2. The molecule has 0 radical (unpaired) electrons. The molecule has 0 unspecified atom stereocenters. The number of amides is 1. The zero-order valence-corrected chi connectivity index (χ0v) is 13.5. The van der Waals surface area contributed by atoms with Gasteiger partial charge in [0.05, 0.1) is 5.52 Å². The Morgan fingerprint density at radius 3 is 2.50 bits per heavy atom. The zero-order valence-electron chi connectivity index (χ0n) is 13.5. The Morgan fingerprint density at radius 1 is 1.12 bits per heavy atom. The molecule has 0 bridgehead atoms. The summed E-state index contributed by atoms with van der Waals surface area (Å²) in [6.45, 7) is 2.27. The Hall–Kier alpha value is -3.08. The van der Waals surface area contributed by atoms with Gasteiger partial charge in [0.25, 0.3) is 11.5 Å². The highest BCUT2D eigenvalue weighted by Gasteiger charge is 2.20. The summed E-state index contributed by atoms with van der Waals surface area (Å²) in [7, 11) is 1.58. The van der Waals surface area contributed by atoms with Crippen LogP contribution < -0.4 is 10.9 Å². The van der Waals surface area contributed by atoms with Crippen molar-refractivity contribution < 1.29 is 9.90 Å². The van der Waals surface area contributed by atoms with Gasteiger partial charge in [-0.15, -0.1) is 0 Å². The minimum Gasteiger partial charge on any atom is -0.506 e. The SMILES string of the molecule is Cc1ccc(CNC(=O)c2c(O)c3ccccc3n(C)c2=O)cc1. The number of pyridine rings is 1. The highest BCUT2D eigenvalue weighted by Crippen LogP contribution is 2.25. The van der Waals surface area contributed by atoms with E-state index in [9.17, 15) is 14.7 Å². The fourth-order valence-electron chi connectivity index (χ4n) is 2.66. The molecule has 0 aliphatic heterocycles. The maximum Gasteiger partial charge on any atom is 0.267 e. The summed E-state index contributed by atoms with van der Waals surface area (Å²) < 4.78 is 1.37. The summed E-state index contributed by atoms with van der Waals surface area (Å²) in [6, 6.07) is 14.7. The van der Waals surface area contributed by atoms with E-state index in [4.69, 9.17) is 0 Å². The van der Waals surface area contributed by atoms with E-state index in [1.54, 1.807) is 31.3 Å². The first-order valence-corrected chi connectivity index (χ1v) is 7.63. The molecular weight excluding hydrogens is 304 g/mol. The molecule has 0 aliphatic rings. The Kier molecular flexibility index (Phi) is 4.08. The van der Waals surface area contributed by atoms with E-state index >= 15 is 0 Å². The van der Waals surface area contributed by atoms with Gasteiger partial charge >= 0.3 is 0 Å². The molecule has 0 spiro atoms. The summed E-state index contributed by atoms with van der Waals surface area (Å²) in [4.78, 5) is 24.9. The molecule has 3 aromatic rings. The van der Waals surface area contributed by atoms with Gasteiger partial charge in [-0.2, -0.15) is 0 Å². The molecule has 0 saturated carbocycles. The highest BCUT2D eigenvalue weighted by molar-refractivity contribution is 6.02. The number of carbonyl (C=O) groups is 1. The molecule has 122 valence electrons. The third-order valence-corrected chi connectivity index (χ3v) is 4.08.